The van der Waals surface area contributed by atoms with Crippen LogP contribution >= 0.6 is 0 Å². The summed E-state index contributed by atoms with van der Waals surface area (Å²) >= 11 is 0. The summed E-state index contributed by atoms with van der Waals surface area (Å²) in [6.45, 7) is 3.81. The molecule has 2 rings (SSSR count). The minimum atomic E-state index is -3.61. The van der Waals surface area contributed by atoms with Crippen molar-refractivity contribution in [1.29, 1.82) is 0 Å². The van der Waals surface area contributed by atoms with Crippen LogP contribution in [-0.2, 0) is 19.6 Å². The van der Waals surface area contributed by atoms with Crippen molar-refractivity contribution >= 4 is 21.8 Å². The number of nitrogens with one attached hydrogen (secondary N) is 3. The number of benzene rings is 1. The van der Waals surface area contributed by atoms with Crippen LogP contribution in [0.25, 0.3) is 0 Å². The Morgan fingerprint density at radius 1 is 1.30 bits per heavy atom. The van der Waals surface area contributed by atoms with Gasteiger partial charge in [0.05, 0.1) is 4.90 Å². The molecule has 1 heterocycles. The predicted octanol–water partition coefficient (Wildman–Crippen LogP) is -0.0235. The van der Waals surface area contributed by atoms with Gasteiger partial charge in [-0.25, -0.2) is 13.1 Å². The molecule has 126 valence electrons. The van der Waals surface area contributed by atoms with Crippen LogP contribution < -0.4 is 15.4 Å². The van der Waals surface area contributed by atoms with Gasteiger partial charge in [0, 0.05) is 19.5 Å². The molecule has 0 radical (unpaired) electrons. The maximum absolute atomic E-state index is 12.3. The second kappa shape index (κ2) is 7.10. The van der Waals surface area contributed by atoms with Gasteiger partial charge in [0.15, 0.2) is 0 Å². The Labute approximate surface area is 135 Å². The number of hydrogen-bond donors (Lipinski definition) is 3. The molecule has 0 bridgehead atoms. The molecule has 1 aliphatic heterocycles. The third-order valence-electron chi connectivity index (χ3n) is 3.66. The molecule has 1 fully saturated rings. The molecular weight excluding hydrogens is 318 g/mol. The second-order valence-electron chi connectivity index (χ2n) is 5.62. The summed E-state index contributed by atoms with van der Waals surface area (Å²) in [5, 5.41) is 5.18. The first-order valence-corrected chi connectivity index (χ1v) is 8.92. The maximum Gasteiger partial charge on any atom is 0.242 e. The van der Waals surface area contributed by atoms with Crippen LogP contribution in [0.15, 0.2) is 23.1 Å². The summed E-state index contributed by atoms with van der Waals surface area (Å²) < 4.78 is 27.0. The van der Waals surface area contributed by atoms with Crippen LogP contribution in [0.1, 0.15) is 24.0 Å². The van der Waals surface area contributed by atoms with Gasteiger partial charge in [0.1, 0.15) is 6.04 Å². The monoisotopic (exact) mass is 339 g/mol. The zero-order valence-electron chi connectivity index (χ0n) is 13.2. The molecule has 3 N–H and O–H groups in total. The minimum Gasteiger partial charge on any atom is -0.353 e. The van der Waals surface area contributed by atoms with Crippen molar-refractivity contribution in [2.24, 2.45) is 0 Å². The fourth-order valence-electron chi connectivity index (χ4n) is 2.38. The first kappa shape index (κ1) is 17.4. The van der Waals surface area contributed by atoms with E-state index in [0.717, 1.165) is 5.56 Å². The molecule has 1 saturated heterocycles. The average Bonchev–Trinajstić information content (AvgIpc) is 2.92. The van der Waals surface area contributed by atoms with E-state index in [-0.39, 0.29) is 29.8 Å². The van der Waals surface area contributed by atoms with Crippen molar-refractivity contribution in [3.63, 3.8) is 0 Å². The maximum atomic E-state index is 12.3. The van der Waals surface area contributed by atoms with Gasteiger partial charge in [-0.1, -0.05) is 12.1 Å². The van der Waals surface area contributed by atoms with E-state index in [2.05, 4.69) is 15.4 Å². The molecule has 1 aliphatic rings. The summed E-state index contributed by atoms with van der Waals surface area (Å²) in [7, 11) is -3.61. The van der Waals surface area contributed by atoms with E-state index in [1.165, 1.54) is 0 Å². The lowest BCUT2D eigenvalue weighted by Gasteiger charge is -2.12. The highest BCUT2D eigenvalue weighted by Crippen LogP contribution is 2.16. The number of rotatable bonds is 6. The minimum absolute atomic E-state index is 0.0854. The molecule has 0 saturated carbocycles. The van der Waals surface area contributed by atoms with Gasteiger partial charge in [-0.2, -0.15) is 0 Å². The SMILES string of the molecule is Cc1ccc(C)c(S(=O)(=O)NCCNC(=O)C2CCC(=O)N2)c1. The Morgan fingerprint density at radius 3 is 2.70 bits per heavy atom. The number of sulfonamides is 1. The Morgan fingerprint density at radius 2 is 2.04 bits per heavy atom. The van der Waals surface area contributed by atoms with Crippen LogP contribution in [0.3, 0.4) is 0 Å². The van der Waals surface area contributed by atoms with Crippen LogP contribution in [-0.4, -0.2) is 39.4 Å². The Hall–Kier alpha value is -1.93. The van der Waals surface area contributed by atoms with Crippen molar-refractivity contribution in [3.8, 4) is 0 Å². The molecule has 1 aromatic rings. The standard InChI is InChI=1S/C15H21N3O4S/c1-10-3-4-11(2)13(9-10)23(21,22)17-8-7-16-15(20)12-5-6-14(19)18-12/h3-4,9,12,17H,5-8H2,1-2H3,(H,16,20)(H,18,19). The van der Waals surface area contributed by atoms with Gasteiger partial charge >= 0.3 is 0 Å². The third kappa shape index (κ3) is 4.52. The Balaban J connectivity index is 1.84. The number of aryl methyl sites for hydroxylation is 2. The van der Waals surface area contributed by atoms with Crippen molar-refractivity contribution < 1.29 is 18.0 Å². The molecule has 0 spiro atoms. The lowest BCUT2D eigenvalue weighted by atomic mass is 10.2. The van der Waals surface area contributed by atoms with Crippen LogP contribution in [0, 0.1) is 13.8 Å². The fraction of sp³-hybridized carbons (Fsp3) is 0.467. The number of hydrogen-bond acceptors (Lipinski definition) is 4. The highest BCUT2D eigenvalue weighted by Gasteiger charge is 2.26. The Kier molecular flexibility index (Phi) is 5.38. The van der Waals surface area contributed by atoms with Crippen LogP contribution in [0.5, 0.6) is 0 Å². The van der Waals surface area contributed by atoms with Crippen molar-refractivity contribution in [3.05, 3.63) is 29.3 Å². The first-order valence-electron chi connectivity index (χ1n) is 7.43. The zero-order valence-corrected chi connectivity index (χ0v) is 14.0. The molecule has 2 amide bonds. The first-order chi connectivity index (χ1) is 10.8. The van der Waals surface area contributed by atoms with Gasteiger partial charge in [0.25, 0.3) is 0 Å². The normalized spacial score (nSPS) is 17.8. The van der Waals surface area contributed by atoms with E-state index >= 15 is 0 Å². The molecule has 8 heteroatoms. The van der Waals surface area contributed by atoms with Gasteiger partial charge < -0.3 is 10.6 Å². The van der Waals surface area contributed by atoms with E-state index in [0.29, 0.717) is 18.4 Å². The van der Waals surface area contributed by atoms with Gasteiger partial charge in [-0.3, -0.25) is 9.59 Å². The van der Waals surface area contributed by atoms with Crippen LogP contribution in [0.2, 0.25) is 0 Å². The summed E-state index contributed by atoms with van der Waals surface area (Å²) in [5.41, 5.74) is 1.53. The lowest BCUT2D eigenvalue weighted by molar-refractivity contribution is -0.125. The smallest absolute Gasteiger partial charge is 0.242 e. The average molecular weight is 339 g/mol. The molecule has 23 heavy (non-hydrogen) atoms. The second-order valence-corrected chi connectivity index (χ2v) is 7.35. The van der Waals surface area contributed by atoms with Gasteiger partial charge in [-0.15, -0.1) is 0 Å². The van der Waals surface area contributed by atoms with Gasteiger partial charge in [-0.05, 0) is 37.5 Å². The largest absolute Gasteiger partial charge is 0.353 e. The predicted molar refractivity (Wildman–Crippen MR) is 85.3 cm³/mol. The molecule has 1 aromatic carbocycles. The van der Waals surface area contributed by atoms with Crippen molar-refractivity contribution in [1.82, 2.24) is 15.4 Å². The summed E-state index contributed by atoms with van der Waals surface area (Å²) in [4.78, 5) is 23.1. The third-order valence-corrected chi connectivity index (χ3v) is 5.26. The number of carbonyl (C=O) groups is 2. The molecule has 1 unspecified atom stereocenters. The summed E-state index contributed by atoms with van der Waals surface area (Å²) in [6.07, 6.45) is 0.816. The van der Waals surface area contributed by atoms with Gasteiger partial charge in [0.2, 0.25) is 21.8 Å². The Bertz CT molecular complexity index is 715. The lowest BCUT2D eigenvalue weighted by Crippen LogP contribution is -2.44. The quantitative estimate of drug-likeness (QED) is 0.633. The van der Waals surface area contributed by atoms with E-state index < -0.39 is 16.1 Å². The van der Waals surface area contributed by atoms with E-state index in [4.69, 9.17) is 0 Å². The topological polar surface area (TPSA) is 104 Å². The number of amides is 2. The summed E-state index contributed by atoms with van der Waals surface area (Å²) in [6, 6.07) is 4.71. The molecule has 0 aliphatic carbocycles. The molecule has 7 nitrogen and oxygen atoms in total. The van der Waals surface area contributed by atoms with Crippen LogP contribution in [0.4, 0.5) is 0 Å². The number of carbonyl (C=O) groups excluding carboxylic acids is 2. The molecular formula is C15H21N3O4S. The molecule has 0 aromatic heterocycles. The highest BCUT2D eigenvalue weighted by atomic mass is 32.2. The molecule has 1 atom stereocenters. The zero-order chi connectivity index (χ0) is 17.0. The highest BCUT2D eigenvalue weighted by molar-refractivity contribution is 7.89. The van der Waals surface area contributed by atoms with E-state index in [1.54, 1.807) is 19.1 Å². The fourth-order valence-corrected chi connectivity index (χ4v) is 3.74. The van der Waals surface area contributed by atoms with E-state index in [1.807, 2.05) is 13.0 Å². The summed E-state index contributed by atoms with van der Waals surface area (Å²) in [5.74, 6) is -0.428. The van der Waals surface area contributed by atoms with Crippen molar-refractivity contribution in [2.75, 3.05) is 13.1 Å². The van der Waals surface area contributed by atoms with Crippen molar-refractivity contribution in [2.45, 2.75) is 37.6 Å². The van der Waals surface area contributed by atoms with E-state index in [9.17, 15) is 18.0 Å².